The Morgan fingerprint density at radius 3 is 2.84 bits per heavy atom. The van der Waals surface area contributed by atoms with E-state index in [2.05, 4.69) is 15.4 Å². The van der Waals surface area contributed by atoms with Crippen LogP contribution in [0.3, 0.4) is 0 Å². The average molecular weight is 448 g/mol. The first-order valence-corrected chi connectivity index (χ1v) is 10.8. The lowest BCUT2D eigenvalue weighted by Gasteiger charge is -2.28. The molecule has 2 atom stereocenters. The van der Waals surface area contributed by atoms with Crippen molar-refractivity contribution in [2.75, 3.05) is 13.6 Å². The SMILES string of the molecule is CC(c1ncccc1Cl)N(C)C(=O)c1cnn2c1CC(CNC(=O)OC(C)(C)C)CC2. The normalized spacial score (nSPS) is 16.9. The van der Waals surface area contributed by atoms with Crippen molar-refractivity contribution in [3.63, 3.8) is 0 Å². The summed E-state index contributed by atoms with van der Waals surface area (Å²) in [6.07, 6.45) is 4.39. The largest absolute Gasteiger partial charge is 0.444 e. The van der Waals surface area contributed by atoms with Crippen molar-refractivity contribution in [3.8, 4) is 0 Å². The van der Waals surface area contributed by atoms with Crippen molar-refractivity contribution in [3.05, 3.63) is 46.5 Å². The molecule has 2 amide bonds. The van der Waals surface area contributed by atoms with E-state index >= 15 is 0 Å². The van der Waals surface area contributed by atoms with Gasteiger partial charge in [0.2, 0.25) is 0 Å². The summed E-state index contributed by atoms with van der Waals surface area (Å²) >= 11 is 6.27. The molecular formula is C22H30ClN5O3. The molecule has 2 aromatic rings. The molecule has 3 rings (SSSR count). The third-order valence-corrected chi connectivity index (χ3v) is 5.75. The Morgan fingerprint density at radius 1 is 1.42 bits per heavy atom. The van der Waals surface area contributed by atoms with Crippen LogP contribution >= 0.6 is 11.6 Å². The van der Waals surface area contributed by atoms with Crippen LogP contribution in [0.25, 0.3) is 0 Å². The highest BCUT2D eigenvalue weighted by molar-refractivity contribution is 6.31. The van der Waals surface area contributed by atoms with E-state index in [1.807, 2.05) is 32.4 Å². The highest BCUT2D eigenvalue weighted by Crippen LogP contribution is 2.28. The molecule has 0 bridgehead atoms. The number of hydrogen-bond acceptors (Lipinski definition) is 5. The number of ether oxygens (including phenoxy) is 1. The summed E-state index contributed by atoms with van der Waals surface area (Å²) in [5.74, 6) is 0.0763. The molecule has 0 aromatic carbocycles. The topological polar surface area (TPSA) is 89.4 Å². The van der Waals surface area contributed by atoms with Crippen LogP contribution in [0, 0.1) is 5.92 Å². The van der Waals surface area contributed by atoms with Gasteiger partial charge in [-0.05, 0) is 58.6 Å². The maximum atomic E-state index is 13.2. The summed E-state index contributed by atoms with van der Waals surface area (Å²) < 4.78 is 7.19. The van der Waals surface area contributed by atoms with Crippen molar-refractivity contribution in [1.29, 1.82) is 0 Å². The Labute approximate surface area is 187 Å². The maximum absolute atomic E-state index is 13.2. The quantitative estimate of drug-likeness (QED) is 0.751. The minimum atomic E-state index is -0.535. The molecule has 8 nitrogen and oxygen atoms in total. The molecule has 2 aromatic heterocycles. The lowest BCUT2D eigenvalue weighted by molar-refractivity contribution is 0.0515. The summed E-state index contributed by atoms with van der Waals surface area (Å²) in [4.78, 5) is 31.2. The van der Waals surface area contributed by atoms with Gasteiger partial charge in [0.1, 0.15) is 5.60 Å². The number of amides is 2. The third-order valence-electron chi connectivity index (χ3n) is 5.43. The summed E-state index contributed by atoms with van der Waals surface area (Å²) in [6.45, 7) is 8.59. The van der Waals surface area contributed by atoms with Crippen LogP contribution in [-0.4, -0.2) is 50.9 Å². The third kappa shape index (κ3) is 5.55. The fourth-order valence-corrected chi connectivity index (χ4v) is 3.93. The first-order valence-electron chi connectivity index (χ1n) is 10.5. The fourth-order valence-electron chi connectivity index (χ4n) is 3.65. The molecule has 31 heavy (non-hydrogen) atoms. The predicted molar refractivity (Wildman–Crippen MR) is 118 cm³/mol. The first kappa shape index (κ1) is 23.1. The fraction of sp³-hybridized carbons (Fsp3) is 0.545. The van der Waals surface area contributed by atoms with Gasteiger partial charge in [-0.15, -0.1) is 0 Å². The zero-order valence-electron chi connectivity index (χ0n) is 18.7. The van der Waals surface area contributed by atoms with Gasteiger partial charge in [-0.3, -0.25) is 14.5 Å². The molecule has 9 heteroatoms. The highest BCUT2D eigenvalue weighted by atomic mass is 35.5. The van der Waals surface area contributed by atoms with Crippen LogP contribution < -0.4 is 5.32 Å². The number of rotatable bonds is 5. The Bertz CT molecular complexity index is 953. The van der Waals surface area contributed by atoms with Gasteiger partial charge < -0.3 is 15.0 Å². The van der Waals surface area contributed by atoms with Gasteiger partial charge in [0.15, 0.2) is 0 Å². The van der Waals surface area contributed by atoms with E-state index in [4.69, 9.17) is 16.3 Å². The molecule has 0 radical (unpaired) electrons. The Kier molecular flexibility index (Phi) is 6.89. The number of aromatic nitrogens is 3. The smallest absolute Gasteiger partial charge is 0.407 e. The van der Waals surface area contributed by atoms with Crippen molar-refractivity contribution >= 4 is 23.6 Å². The second-order valence-corrected chi connectivity index (χ2v) is 9.34. The average Bonchev–Trinajstić information content (AvgIpc) is 3.13. The van der Waals surface area contributed by atoms with Crippen LogP contribution in [0.4, 0.5) is 4.79 Å². The number of carbonyl (C=O) groups is 2. The van der Waals surface area contributed by atoms with Crippen molar-refractivity contribution in [2.45, 2.75) is 58.7 Å². The van der Waals surface area contributed by atoms with Crippen molar-refractivity contribution in [2.24, 2.45) is 5.92 Å². The number of aryl methyl sites for hydroxylation is 1. The number of nitrogens with one attached hydrogen (secondary N) is 1. The molecule has 3 heterocycles. The van der Waals surface area contributed by atoms with Gasteiger partial charge in [0, 0.05) is 26.3 Å². The molecule has 168 valence electrons. The van der Waals surface area contributed by atoms with Gasteiger partial charge in [-0.1, -0.05) is 11.6 Å². The second kappa shape index (κ2) is 9.26. The molecule has 1 N–H and O–H groups in total. The Balaban J connectivity index is 1.68. The summed E-state index contributed by atoms with van der Waals surface area (Å²) in [7, 11) is 1.74. The van der Waals surface area contributed by atoms with Gasteiger partial charge in [0.05, 0.1) is 34.2 Å². The van der Waals surface area contributed by atoms with Gasteiger partial charge >= 0.3 is 6.09 Å². The number of hydrogen-bond donors (Lipinski definition) is 1. The number of nitrogens with zero attached hydrogens (tertiary/aromatic N) is 4. The molecule has 0 aliphatic carbocycles. The number of alkyl carbamates (subject to hydrolysis) is 1. The standard InChI is InChI=1S/C22H30ClN5O3/c1-14(19-17(23)7-6-9-24-19)27(5)20(29)16-13-26-28-10-8-15(11-18(16)28)12-25-21(30)31-22(2,3)4/h6-7,9,13-15H,8,10-12H2,1-5H3,(H,25,30). The van der Waals surface area contributed by atoms with Gasteiger partial charge in [-0.25, -0.2) is 4.79 Å². The number of halogens is 1. The van der Waals surface area contributed by atoms with E-state index in [0.29, 0.717) is 35.8 Å². The summed E-state index contributed by atoms with van der Waals surface area (Å²) in [6, 6.07) is 3.24. The van der Waals surface area contributed by atoms with E-state index in [0.717, 1.165) is 12.1 Å². The Hall–Kier alpha value is -2.61. The van der Waals surface area contributed by atoms with Crippen molar-refractivity contribution in [1.82, 2.24) is 25.0 Å². The van der Waals surface area contributed by atoms with E-state index in [1.54, 1.807) is 36.5 Å². The minimum Gasteiger partial charge on any atom is -0.444 e. The van der Waals surface area contributed by atoms with Crippen molar-refractivity contribution < 1.29 is 14.3 Å². The molecule has 2 unspecified atom stereocenters. The molecule has 0 spiro atoms. The minimum absolute atomic E-state index is 0.128. The van der Waals surface area contributed by atoms with Crippen LogP contribution in [0.15, 0.2) is 24.5 Å². The lowest BCUT2D eigenvalue weighted by atomic mass is 9.94. The zero-order chi connectivity index (χ0) is 22.8. The van der Waals surface area contributed by atoms with Gasteiger partial charge in [0.25, 0.3) is 5.91 Å². The zero-order valence-corrected chi connectivity index (χ0v) is 19.4. The number of fused-ring (bicyclic) bond motifs is 1. The second-order valence-electron chi connectivity index (χ2n) is 8.93. The summed E-state index contributed by atoms with van der Waals surface area (Å²) in [5, 5.41) is 7.77. The predicted octanol–water partition coefficient (Wildman–Crippen LogP) is 3.85. The van der Waals surface area contributed by atoms with Gasteiger partial charge in [-0.2, -0.15) is 5.10 Å². The van der Waals surface area contributed by atoms with Crippen LogP contribution in [-0.2, 0) is 17.7 Å². The van der Waals surface area contributed by atoms with Crippen LogP contribution in [0.5, 0.6) is 0 Å². The Morgan fingerprint density at radius 2 is 2.16 bits per heavy atom. The van der Waals surface area contributed by atoms with Crippen LogP contribution in [0.2, 0.25) is 5.02 Å². The number of pyridine rings is 1. The first-order chi connectivity index (χ1) is 14.6. The van der Waals surface area contributed by atoms with E-state index in [9.17, 15) is 9.59 Å². The highest BCUT2D eigenvalue weighted by Gasteiger charge is 2.29. The molecule has 0 saturated carbocycles. The van der Waals surface area contributed by atoms with E-state index in [1.165, 1.54) is 0 Å². The molecule has 1 aliphatic heterocycles. The molecule has 0 saturated heterocycles. The lowest BCUT2D eigenvalue weighted by Crippen LogP contribution is -2.37. The molecular weight excluding hydrogens is 418 g/mol. The van der Waals surface area contributed by atoms with E-state index < -0.39 is 11.7 Å². The number of carbonyl (C=O) groups excluding carboxylic acids is 2. The monoisotopic (exact) mass is 447 g/mol. The van der Waals surface area contributed by atoms with E-state index in [-0.39, 0.29) is 17.9 Å². The summed E-state index contributed by atoms with van der Waals surface area (Å²) in [5.41, 5.74) is 1.58. The molecule has 1 aliphatic rings. The maximum Gasteiger partial charge on any atom is 0.407 e. The molecule has 0 fully saturated rings. The van der Waals surface area contributed by atoms with Crippen LogP contribution in [0.1, 0.15) is 61.9 Å².